The van der Waals surface area contributed by atoms with E-state index in [9.17, 15) is 0 Å². The van der Waals surface area contributed by atoms with Crippen molar-refractivity contribution in [2.24, 2.45) is 0 Å². The van der Waals surface area contributed by atoms with Gasteiger partial charge in [-0.1, -0.05) is 109 Å². The normalized spacial score (nSPS) is 11.2. The molecule has 0 spiro atoms. The van der Waals surface area contributed by atoms with E-state index in [0.29, 0.717) is 5.82 Å². The Bertz CT molecular complexity index is 1890. The first-order valence-electron chi connectivity index (χ1n) is 13.0. The topological polar surface area (TPSA) is 51.6 Å². The van der Waals surface area contributed by atoms with Crippen molar-refractivity contribution in [1.29, 1.82) is 0 Å². The highest BCUT2D eigenvalue weighted by Gasteiger charge is 2.17. The van der Waals surface area contributed by atoms with Crippen LogP contribution >= 0.6 is 0 Å². The largest absolute Gasteiger partial charge is 0.251 e. The lowest BCUT2D eigenvalue weighted by Gasteiger charge is -2.14. The Kier molecular flexibility index (Phi) is 5.64. The van der Waals surface area contributed by atoms with Crippen LogP contribution in [0.5, 0.6) is 0 Å². The standard InChI is InChI=1S/C35H24N4/c1-23-17-18-26-19-20-28-29(21-30(24-11-5-2-6-12-24)37-34(28)33(26)36-23)32-22-31(25-13-7-3-8-14-25)38-35(39-32)27-15-9-4-10-16-27/h2-22H,1H3. The molecule has 4 nitrogen and oxygen atoms in total. The van der Waals surface area contributed by atoms with Crippen LogP contribution in [0.25, 0.3) is 67.0 Å². The Morgan fingerprint density at radius 1 is 0.436 bits per heavy atom. The molecule has 4 aromatic carbocycles. The number of fused-ring (bicyclic) bond motifs is 3. The lowest BCUT2D eigenvalue weighted by Crippen LogP contribution is -1.98. The van der Waals surface area contributed by atoms with E-state index in [0.717, 1.165) is 66.8 Å². The van der Waals surface area contributed by atoms with Gasteiger partial charge >= 0.3 is 0 Å². The molecule has 39 heavy (non-hydrogen) atoms. The molecule has 3 heterocycles. The summed E-state index contributed by atoms with van der Waals surface area (Å²) in [5, 5.41) is 2.08. The molecule has 0 bridgehead atoms. The molecule has 0 fully saturated rings. The molecule has 0 unspecified atom stereocenters. The fourth-order valence-corrected chi connectivity index (χ4v) is 5.00. The van der Waals surface area contributed by atoms with Gasteiger partial charge in [0.25, 0.3) is 0 Å². The van der Waals surface area contributed by atoms with E-state index < -0.39 is 0 Å². The van der Waals surface area contributed by atoms with E-state index in [-0.39, 0.29) is 0 Å². The van der Waals surface area contributed by atoms with Crippen LogP contribution in [0, 0.1) is 6.92 Å². The molecule has 184 valence electrons. The van der Waals surface area contributed by atoms with Crippen LogP contribution in [0.3, 0.4) is 0 Å². The lowest BCUT2D eigenvalue weighted by molar-refractivity contribution is 1.18. The first kappa shape index (κ1) is 22.9. The maximum atomic E-state index is 5.16. The molecule has 0 aliphatic carbocycles. The second kappa shape index (κ2) is 9.58. The molecule has 7 aromatic rings. The minimum absolute atomic E-state index is 0.688. The van der Waals surface area contributed by atoms with E-state index in [1.807, 2.05) is 79.7 Å². The van der Waals surface area contributed by atoms with Gasteiger partial charge in [-0.15, -0.1) is 0 Å². The Morgan fingerprint density at radius 2 is 1.00 bits per heavy atom. The highest BCUT2D eigenvalue weighted by Crippen LogP contribution is 2.36. The molecule has 0 aliphatic heterocycles. The summed E-state index contributed by atoms with van der Waals surface area (Å²) in [7, 11) is 0. The summed E-state index contributed by atoms with van der Waals surface area (Å²) in [5.74, 6) is 0.688. The van der Waals surface area contributed by atoms with Crippen molar-refractivity contribution in [2.45, 2.75) is 6.92 Å². The quantitative estimate of drug-likeness (QED) is 0.227. The maximum Gasteiger partial charge on any atom is 0.160 e. The van der Waals surface area contributed by atoms with Crippen LogP contribution < -0.4 is 0 Å². The number of aromatic nitrogens is 4. The molecule has 0 saturated heterocycles. The van der Waals surface area contributed by atoms with Crippen LogP contribution in [-0.4, -0.2) is 19.9 Å². The SMILES string of the molecule is Cc1ccc2ccc3c(-c4cc(-c5ccccc5)nc(-c5ccccc5)n4)cc(-c4ccccc4)nc3c2n1. The highest BCUT2D eigenvalue weighted by molar-refractivity contribution is 6.09. The number of benzene rings is 4. The van der Waals surface area contributed by atoms with Crippen molar-refractivity contribution in [3.05, 3.63) is 133 Å². The van der Waals surface area contributed by atoms with Gasteiger partial charge in [0.2, 0.25) is 0 Å². The van der Waals surface area contributed by atoms with Gasteiger partial charge < -0.3 is 0 Å². The van der Waals surface area contributed by atoms with Gasteiger partial charge in [0.05, 0.1) is 28.1 Å². The summed E-state index contributed by atoms with van der Waals surface area (Å²) in [4.78, 5) is 20.2. The third-order valence-electron chi connectivity index (χ3n) is 6.95. The summed E-state index contributed by atoms with van der Waals surface area (Å²) < 4.78 is 0. The molecule has 7 rings (SSSR count). The molecule has 0 N–H and O–H groups in total. The van der Waals surface area contributed by atoms with Crippen LogP contribution in [-0.2, 0) is 0 Å². The monoisotopic (exact) mass is 500 g/mol. The molecule has 3 aromatic heterocycles. The number of rotatable bonds is 4. The molecule has 0 radical (unpaired) electrons. The predicted octanol–water partition coefficient (Wildman–Crippen LogP) is 8.55. The molecule has 4 heteroatoms. The molecule has 0 amide bonds. The summed E-state index contributed by atoms with van der Waals surface area (Å²) in [6, 6.07) is 43.3. The van der Waals surface area contributed by atoms with Crippen LogP contribution in [0.2, 0.25) is 0 Å². The predicted molar refractivity (Wildman–Crippen MR) is 159 cm³/mol. The number of nitrogens with zero attached hydrogens (tertiary/aromatic N) is 4. The molecule has 0 saturated carbocycles. The van der Waals surface area contributed by atoms with Crippen molar-refractivity contribution < 1.29 is 0 Å². The molecule has 0 aliphatic rings. The maximum absolute atomic E-state index is 5.16. The highest BCUT2D eigenvalue weighted by atomic mass is 14.9. The van der Waals surface area contributed by atoms with Crippen molar-refractivity contribution in [2.75, 3.05) is 0 Å². The average Bonchev–Trinajstić information content (AvgIpc) is 3.01. The van der Waals surface area contributed by atoms with Gasteiger partial charge in [-0.25, -0.2) is 15.0 Å². The number of hydrogen-bond acceptors (Lipinski definition) is 4. The third-order valence-corrected chi connectivity index (χ3v) is 6.95. The number of hydrogen-bond donors (Lipinski definition) is 0. The lowest BCUT2D eigenvalue weighted by atomic mass is 9.98. The summed E-state index contributed by atoms with van der Waals surface area (Å²) in [6.45, 7) is 2.02. The van der Waals surface area contributed by atoms with Crippen molar-refractivity contribution >= 4 is 21.8 Å². The van der Waals surface area contributed by atoms with E-state index in [4.69, 9.17) is 19.9 Å². The van der Waals surface area contributed by atoms with Crippen molar-refractivity contribution in [1.82, 2.24) is 19.9 Å². The van der Waals surface area contributed by atoms with Gasteiger partial charge in [-0.3, -0.25) is 4.98 Å². The van der Waals surface area contributed by atoms with Gasteiger partial charge in [0.15, 0.2) is 5.82 Å². The summed E-state index contributed by atoms with van der Waals surface area (Å²) in [5.41, 5.74) is 9.40. The number of aryl methyl sites for hydroxylation is 1. The second-order valence-corrected chi connectivity index (χ2v) is 9.60. The van der Waals surface area contributed by atoms with E-state index >= 15 is 0 Å². The smallest absolute Gasteiger partial charge is 0.160 e. The fourth-order valence-electron chi connectivity index (χ4n) is 5.00. The van der Waals surface area contributed by atoms with E-state index in [2.05, 4.69) is 54.6 Å². The van der Waals surface area contributed by atoms with Gasteiger partial charge in [0.1, 0.15) is 0 Å². The Hall–Kier alpha value is -5.22. The van der Waals surface area contributed by atoms with Crippen molar-refractivity contribution in [3.63, 3.8) is 0 Å². The zero-order chi connectivity index (χ0) is 26.2. The first-order chi connectivity index (χ1) is 19.2. The summed E-state index contributed by atoms with van der Waals surface area (Å²) >= 11 is 0. The molecule has 0 atom stereocenters. The number of pyridine rings is 2. The van der Waals surface area contributed by atoms with Gasteiger partial charge in [-0.05, 0) is 25.1 Å². The minimum atomic E-state index is 0.688. The van der Waals surface area contributed by atoms with E-state index in [1.165, 1.54) is 0 Å². The van der Waals surface area contributed by atoms with Crippen LogP contribution in [0.4, 0.5) is 0 Å². The first-order valence-corrected chi connectivity index (χ1v) is 13.0. The van der Waals surface area contributed by atoms with Crippen molar-refractivity contribution in [3.8, 4) is 45.2 Å². The Morgan fingerprint density at radius 3 is 1.67 bits per heavy atom. The average molecular weight is 501 g/mol. The molecular weight excluding hydrogens is 476 g/mol. The Labute approximate surface area is 226 Å². The van der Waals surface area contributed by atoms with Crippen LogP contribution in [0.15, 0.2) is 127 Å². The Balaban J connectivity index is 1.56. The second-order valence-electron chi connectivity index (χ2n) is 9.60. The van der Waals surface area contributed by atoms with E-state index in [1.54, 1.807) is 0 Å². The minimum Gasteiger partial charge on any atom is -0.251 e. The zero-order valence-corrected chi connectivity index (χ0v) is 21.4. The summed E-state index contributed by atoms with van der Waals surface area (Å²) in [6.07, 6.45) is 0. The zero-order valence-electron chi connectivity index (χ0n) is 21.4. The van der Waals surface area contributed by atoms with Gasteiger partial charge in [0, 0.05) is 38.7 Å². The molecular formula is C35H24N4. The third kappa shape index (κ3) is 4.32. The van der Waals surface area contributed by atoms with Gasteiger partial charge in [-0.2, -0.15) is 0 Å². The van der Waals surface area contributed by atoms with Crippen LogP contribution in [0.1, 0.15) is 5.69 Å². The fraction of sp³-hybridized carbons (Fsp3) is 0.0286.